The van der Waals surface area contributed by atoms with Crippen molar-refractivity contribution in [1.29, 1.82) is 0 Å². The van der Waals surface area contributed by atoms with Gasteiger partial charge in [0.15, 0.2) is 0 Å². The molecule has 0 bridgehead atoms. The Morgan fingerprint density at radius 1 is 1.00 bits per heavy atom. The summed E-state index contributed by atoms with van der Waals surface area (Å²) in [7, 11) is 0. The van der Waals surface area contributed by atoms with Gasteiger partial charge in [-0.1, -0.05) is 0 Å². The van der Waals surface area contributed by atoms with Crippen molar-refractivity contribution >= 4 is 11.6 Å². The largest absolute Gasteiger partial charge is 0.573 e. The first-order chi connectivity index (χ1) is 10.2. The van der Waals surface area contributed by atoms with Crippen LogP contribution in [0.15, 0.2) is 42.5 Å². The molecule has 22 heavy (non-hydrogen) atoms. The van der Waals surface area contributed by atoms with E-state index >= 15 is 0 Å². The van der Waals surface area contributed by atoms with Crippen LogP contribution in [0.1, 0.15) is 10.4 Å². The zero-order chi connectivity index (χ0) is 16.3. The summed E-state index contributed by atoms with van der Waals surface area (Å²) in [6.45, 7) is 0. The fourth-order valence-corrected chi connectivity index (χ4v) is 1.61. The van der Waals surface area contributed by atoms with Gasteiger partial charge in [-0.25, -0.2) is 8.78 Å². The minimum Gasteiger partial charge on any atom is -0.406 e. The van der Waals surface area contributed by atoms with Gasteiger partial charge in [-0.3, -0.25) is 4.79 Å². The Morgan fingerprint density at radius 2 is 1.64 bits per heavy atom. The number of nitrogens with one attached hydrogen (secondary N) is 1. The normalized spacial score (nSPS) is 11.1. The number of carbonyl (C=O) groups excluding carboxylic acids is 1. The smallest absolute Gasteiger partial charge is 0.406 e. The summed E-state index contributed by atoms with van der Waals surface area (Å²) >= 11 is 0. The second-order valence-corrected chi connectivity index (χ2v) is 4.15. The molecule has 0 saturated carbocycles. The summed E-state index contributed by atoms with van der Waals surface area (Å²) in [4.78, 5) is 11.8. The van der Waals surface area contributed by atoms with E-state index in [2.05, 4.69) is 10.1 Å². The highest BCUT2D eigenvalue weighted by Gasteiger charge is 2.30. The summed E-state index contributed by atoms with van der Waals surface area (Å²) in [6, 6.07) is 6.71. The van der Waals surface area contributed by atoms with Crippen molar-refractivity contribution in [3.05, 3.63) is 59.7 Å². The van der Waals surface area contributed by atoms with Crippen LogP contribution in [-0.2, 0) is 0 Å². The van der Waals surface area contributed by atoms with E-state index in [1.54, 1.807) is 0 Å². The Bertz CT molecular complexity index is 683. The van der Waals surface area contributed by atoms with Gasteiger partial charge in [-0.05, 0) is 36.4 Å². The molecular weight excluding hydrogens is 309 g/mol. The second-order valence-electron chi connectivity index (χ2n) is 4.15. The van der Waals surface area contributed by atoms with Crippen molar-refractivity contribution < 1.29 is 31.5 Å². The highest BCUT2D eigenvalue weighted by Crippen LogP contribution is 2.24. The minimum atomic E-state index is -4.82. The number of carbonyl (C=O) groups is 1. The molecule has 8 heteroatoms. The number of benzene rings is 2. The maximum Gasteiger partial charge on any atom is 0.573 e. The monoisotopic (exact) mass is 317 g/mol. The molecule has 0 aliphatic carbocycles. The predicted octanol–water partition coefficient (Wildman–Crippen LogP) is 4.12. The number of hydrogen-bond donors (Lipinski definition) is 1. The predicted molar refractivity (Wildman–Crippen MR) is 67.4 cm³/mol. The van der Waals surface area contributed by atoms with Crippen molar-refractivity contribution in [2.24, 2.45) is 0 Å². The van der Waals surface area contributed by atoms with Gasteiger partial charge < -0.3 is 10.1 Å². The lowest BCUT2D eigenvalue weighted by Crippen LogP contribution is -2.17. The van der Waals surface area contributed by atoms with Gasteiger partial charge in [0.25, 0.3) is 5.91 Å². The van der Waals surface area contributed by atoms with Crippen molar-refractivity contribution in [2.45, 2.75) is 6.36 Å². The van der Waals surface area contributed by atoms with Gasteiger partial charge in [0.2, 0.25) is 0 Å². The third-order valence-corrected chi connectivity index (χ3v) is 2.52. The molecule has 2 aromatic rings. The summed E-state index contributed by atoms with van der Waals surface area (Å²) in [6.07, 6.45) is -4.82. The van der Waals surface area contributed by atoms with E-state index in [9.17, 15) is 26.7 Å². The van der Waals surface area contributed by atoms with Crippen LogP contribution < -0.4 is 10.1 Å². The van der Waals surface area contributed by atoms with Crippen molar-refractivity contribution in [2.75, 3.05) is 5.32 Å². The Balaban J connectivity index is 2.09. The van der Waals surface area contributed by atoms with E-state index in [0.717, 1.165) is 36.4 Å². The highest BCUT2D eigenvalue weighted by molar-refractivity contribution is 6.04. The van der Waals surface area contributed by atoms with Crippen LogP contribution in [0.25, 0.3) is 0 Å². The highest BCUT2D eigenvalue weighted by atomic mass is 19.4. The van der Waals surface area contributed by atoms with Gasteiger partial charge in [-0.15, -0.1) is 13.2 Å². The quantitative estimate of drug-likeness (QED) is 0.865. The van der Waals surface area contributed by atoms with E-state index in [-0.39, 0.29) is 5.69 Å². The van der Waals surface area contributed by atoms with Crippen LogP contribution in [0.3, 0.4) is 0 Å². The second kappa shape index (κ2) is 6.00. The van der Waals surface area contributed by atoms with Crippen molar-refractivity contribution in [3.8, 4) is 5.75 Å². The lowest BCUT2D eigenvalue weighted by atomic mass is 10.2. The third-order valence-electron chi connectivity index (χ3n) is 2.52. The van der Waals surface area contributed by atoms with Gasteiger partial charge in [0, 0.05) is 11.8 Å². The first-order valence-electron chi connectivity index (χ1n) is 5.87. The molecule has 3 nitrogen and oxygen atoms in total. The molecule has 1 amide bonds. The molecule has 1 N–H and O–H groups in total. The standard InChI is InChI=1S/C14H8F5NO2/c15-8-1-6-11(12(16)7-8)13(21)20-9-2-4-10(5-3-9)22-14(17,18)19/h1-7H,(H,20,21). The van der Waals surface area contributed by atoms with E-state index in [0.29, 0.717) is 6.07 Å². The van der Waals surface area contributed by atoms with Crippen LogP contribution in [0.5, 0.6) is 5.75 Å². The van der Waals surface area contributed by atoms with Gasteiger partial charge in [-0.2, -0.15) is 0 Å². The Hall–Kier alpha value is -2.64. The van der Waals surface area contributed by atoms with Crippen molar-refractivity contribution in [3.63, 3.8) is 0 Å². The van der Waals surface area contributed by atoms with E-state index in [1.807, 2.05) is 0 Å². The average Bonchev–Trinajstić information content (AvgIpc) is 2.39. The number of ether oxygens (including phenoxy) is 1. The summed E-state index contributed by atoms with van der Waals surface area (Å²) in [5.74, 6) is -3.20. The van der Waals surface area contributed by atoms with Crippen LogP contribution in [-0.4, -0.2) is 12.3 Å². The number of hydrogen-bond acceptors (Lipinski definition) is 2. The Labute approximate surface area is 121 Å². The first-order valence-corrected chi connectivity index (χ1v) is 5.87. The Kier molecular flexibility index (Phi) is 4.30. The third kappa shape index (κ3) is 4.18. The van der Waals surface area contributed by atoms with Crippen LogP contribution in [0.2, 0.25) is 0 Å². The van der Waals surface area contributed by atoms with Crippen LogP contribution in [0, 0.1) is 11.6 Å². The Morgan fingerprint density at radius 3 is 2.18 bits per heavy atom. The minimum absolute atomic E-state index is 0.128. The van der Waals surface area contributed by atoms with Gasteiger partial charge in [0.05, 0.1) is 5.56 Å². The molecule has 0 aliphatic rings. The van der Waals surface area contributed by atoms with Crippen LogP contribution >= 0.6 is 0 Å². The molecule has 0 heterocycles. The molecule has 0 aromatic heterocycles. The number of halogens is 5. The molecular formula is C14H8F5NO2. The summed E-state index contributed by atoms with van der Waals surface area (Å²) in [5, 5.41) is 2.27. The van der Waals surface area contributed by atoms with Crippen molar-refractivity contribution in [1.82, 2.24) is 0 Å². The maximum absolute atomic E-state index is 13.4. The lowest BCUT2D eigenvalue weighted by Gasteiger charge is -2.10. The van der Waals surface area contributed by atoms with E-state index < -0.39 is 35.2 Å². The molecule has 0 saturated heterocycles. The maximum atomic E-state index is 13.4. The molecule has 0 radical (unpaired) electrons. The SMILES string of the molecule is O=C(Nc1ccc(OC(F)(F)F)cc1)c1ccc(F)cc1F. The molecule has 2 aromatic carbocycles. The topological polar surface area (TPSA) is 38.3 Å². The fraction of sp³-hybridized carbons (Fsp3) is 0.0714. The van der Waals surface area contributed by atoms with E-state index in [4.69, 9.17) is 0 Å². The number of amides is 1. The molecule has 0 aliphatic heterocycles. The average molecular weight is 317 g/mol. The molecule has 2 rings (SSSR count). The number of anilines is 1. The first kappa shape index (κ1) is 15.7. The molecule has 0 atom stereocenters. The summed E-state index contributed by atoms with van der Waals surface area (Å²) < 4.78 is 65.8. The summed E-state index contributed by atoms with van der Waals surface area (Å²) in [5.41, 5.74) is -0.264. The fourth-order valence-electron chi connectivity index (χ4n) is 1.61. The number of alkyl halides is 3. The van der Waals surface area contributed by atoms with Gasteiger partial charge in [0.1, 0.15) is 17.4 Å². The lowest BCUT2D eigenvalue weighted by molar-refractivity contribution is -0.274. The molecule has 0 fully saturated rings. The van der Waals surface area contributed by atoms with E-state index in [1.165, 1.54) is 0 Å². The van der Waals surface area contributed by atoms with Gasteiger partial charge >= 0.3 is 6.36 Å². The number of rotatable bonds is 3. The molecule has 116 valence electrons. The molecule has 0 spiro atoms. The zero-order valence-electron chi connectivity index (χ0n) is 10.7. The zero-order valence-corrected chi connectivity index (χ0v) is 10.7. The molecule has 0 unspecified atom stereocenters. The van der Waals surface area contributed by atoms with Crippen LogP contribution in [0.4, 0.5) is 27.6 Å².